The normalized spacial score (nSPS) is 19.2. The van der Waals surface area contributed by atoms with Crippen molar-refractivity contribution in [2.45, 2.75) is 58.5 Å². The molecule has 0 radical (unpaired) electrons. The van der Waals surface area contributed by atoms with Gasteiger partial charge in [0.25, 0.3) is 0 Å². The molecule has 0 aromatic heterocycles. The fourth-order valence-electron chi connectivity index (χ4n) is 3.51. The molecule has 0 spiro atoms. The molecule has 124 valence electrons. The molecule has 0 fully saturated rings. The number of hydrogen-bond donors (Lipinski definition) is 1. The molecule has 1 aromatic carbocycles. The van der Waals surface area contributed by atoms with Crippen molar-refractivity contribution in [1.29, 1.82) is 0 Å². The van der Waals surface area contributed by atoms with Gasteiger partial charge in [0.2, 0.25) is 0 Å². The van der Waals surface area contributed by atoms with E-state index in [1.807, 2.05) is 12.1 Å². The summed E-state index contributed by atoms with van der Waals surface area (Å²) in [4.78, 5) is 2.61. The van der Waals surface area contributed by atoms with Crippen LogP contribution in [0.15, 0.2) is 18.2 Å². The van der Waals surface area contributed by atoms with Crippen molar-refractivity contribution in [2.75, 3.05) is 13.1 Å². The Morgan fingerprint density at radius 3 is 2.68 bits per heavy atom. The average molecular weight is 323 g/mol. The van der Waals surface area contributed by atoms with Crippen LogP contribution in [-0.2, 0) is 30.7 Å². The number of aryl methyl sites for hydroxylation is 1. The second-order valence-corrected chi connectivity index (χ2v) is 6.80. The van der Waals surface area contributed by atoms with Gasteiger partial charge in [-0.25, -0.2) is 4.72 Å². The van der Waals surface area contributed by atoms with E-state index in [1.54, 1.807) is 0 Å². The maximum Gasteiger partial charge on any atom is 0.0325 e. The van der Waals surface area contributed by atoms with E-state index in [4.69, 9.17) is 0 Å². The molecule has 0 amide bonds. The largest absolute Gasteiger partial charge is 0.760 e. The highest BCUT2D eigenvalue weighted by Gasteiger charge is 2.24. The summed E-state index contributed by atoms with van der Waals surface area (Å²) in [7, 11) is 0. The highest BCUT2D eigenvalue weighted by molar-refractivity contribution is 7.77. The van der Waals surface area contributed by atoms with Crippen LogP contribution in [0.5, 0.6) is 0 Å². The van der Waals surface area contributed by atoms with Gasteiger partial charge in [0.15, 0.2) is 0 Å². The van der Waals surface area contributed by atoms with E-state index in [9.17, 15) is 8.76 Å². The van der Waals surface area contributed by atoms with Gasteiger partial charge in [-0.3, -0.25) is 4.21 Å². The lowest BCUT2D eigenvalue weighted by atomic mass is 9.84. The van der Waals surface area contributed by atoms with E-state index in [1.165, 1.54) is 30.4 Å². The van der Waals surface area contributed by atoms with E-state index in [2.05, 4.69) is 29.5 Å². The van der Waals surface area contributed by atoms with E-state index >= 15 is 0 Å². The lowest BCUT2D eigenvalue weighted by Gasteiger charge is -2.36. The zero-order chi connectivity index (χ0) is 15.9. The molecule has 0 aliphatic heterocycles. The van der Waals surface area contributed by atoms with Gasteiger partial charge in [0.05, 0.1) is 0 Å². The van der Waals surface area contributed by atoms with Crippen LogP contribution >= 0.6 is 0 Å². The Morgan fingerprint density at radius 1 is 1.32 bits per heavy atom. The molecule has 1 aliphatic carbocycles. The highest BCUT2D eigenvalue weighted by atomic mass is 32.2. The minimum absolute atomic E-state index is 0.396. The molecule has 0 heterocycles. The standard InChI is InChI=1S/C17H28N2O2S/c1-3-10-19(11-4-2)16-9-8-14-6-5-7-15(17(14)12-16)13-18-22(20)21/h5-7,16,18H,3-4,8-13H2,1-2H3,(H,20,21)/p-1. The topological polar surface area (TPSA) is 55.4 Å². The molecule has 2 unspecified atom stereocenters. The molecule has 1 aliphatic rings. The number of benzene rings is 1. The Labute approximate surface area is 136 Å². The average Bonchev–Trinajstić information content (AvgIpc) is 2.52. The first-order valence-electron chi connectivity index (χ1n) is 8.32. The molecular formula is C17H27N2O2S-. The Balaban J connectivity index is 2.14. The summed E-state index contributed by atoms with van der Waals surface area (Å²) in [5.74, 6) is 0. The smallest absolute Gasteiger partial charge is 0.0325 e. The van der Waals surface area contributed by atoms with Crippen LogP contribution in [0.25, 0.3) is 0 Å². The first kappa shape index (κ1) is 17.6. The van der Waals surface area contributed by atoms with E-state index in [0.717, 1.165) is 31.5 Å². The summed E-state index contributed by atoms with van der Waals surface area (Å²) >= 11 is -2.20. The molecular weight excluding hydrogens is 296 g/mol. The zero-order valence-electron chi connectivity index (χ0n) is 13.6. The third-order valence-corrected chi connectivity index (χ3v) is 4.86. The molecule has 0 saturated heterocycles. The first-order chi connectivity index (χ1) is 10.7. The van der Waals surface area contributed by atoms with Crippen LogP contribution in [0.1, 0.15) is 49.8 Å². The van der Waals surface area contributed by atoms with Gasteiger partial charge in [0, 0.05) is 23.9 Å². The predicted molar refractivity (Wildman–Crippen MR) is 90.2 cm³/mol. The number of nitrogens with zero attached hydrogens (tertiary/aromatic N) is 1. The van der Waals surface area contributed by atoms with Crippen LogP contribution in [0, 0.1) is 0 Å². The third kappa shape index (κ3) is 4.62. The van der Waals surface area contributed by atoms with Gasteiger partial charge in [-0.05, 0) is 61.9 Å². The van der Waals surface area contributed by atoms with E-state index < -0.39 is 11.3 Å². The number of nitrogens with one attached hydrogen (secondary N) is 1. The Morgan fingerprint density at radius 2 is 2.05 bits per heavy atom. The molecule has 1 aromatic rings. The number of hydrogen-bond acceptors (Lipinski definition) is 3. The van der Waals surface area contributed by atoms with Crippen molar-refractivity contribution >= 4 is 11.3 Å². The maximum atomic E-state index is 10.8. The molecule has 1 N–H and O–H groups in total. The van der Waals surface area contributed by atoms with Crippen molar-refractivity contribution in [2.24, 2.45) is 0 Å². The summed E-state index contributed by atoms with van der Waals surface area (Å²) in [6.45, 7) is 7.17. The Kier molecular flexibility index (Phi) is 7.02. The molecule has 2 rings (SSSR count). The first-order valence-corrected chi connectivity index (χ1v) is 9.39. The second-order valence-electron chi connectivity index (χ2n) is 6.04. The SMILES string of the molecule is CCCN(CCC)C1CCc2cccc(CNS(=O)[O-])c2C1. The van der Waals surface area contributed by atoms with Gasteiger partial charge in [-0.2, -0.15) is 0 Å². The minimum Gasteiger partial charge on any atom is -0.760 e. The third-order valence-electron chi connectivity index (χ3n) is 4.48. The fourth-order valence-corrected chi connectivity index (χ4v) is 3.78. The summed E-state index contributed by atoms with van der Waals surface area (Å²) < 4.78 is 24.0. The summed E-state index contributed by atoms with van der Waals surface area (Å²) in [6, 6.07) is 6.86. The van der Waals surface area contributed by atoms with Crippen LogP contribution in [0.3, 0.4) is 0 Å². The molecule has 5 heteroatoms. The van der Waals surface area contributed by atoms with Crippen molar-refractivity contribution < 1.29 is 8.76 Å². The molecule has 2 atom stereocenters. The lowest BCUT2D eigenvalue weighted by molar-refractivity contribution is 0.179. The Hall–Kier alpha value is -0.750. The van der Waals surface area contributed by atoms with Crippen molar-refractivity contribution in [1.82, 2.24) is 9.62 Å². The van der Waals surface area contributed by atoms with Crippen LogP contribution in [0.4, 0.5) is 0 Å². The predicted octanol–water partition coefficient (Wildman–Crippen LogP) is 2.55. The Bertz CT molecular complexity index is 501. The summed E-state index contributed by atoms with van der Waals surface area (Å²) in [6.07, 6.45) is 5.71. The monoisotopic (exact) mass is 323 g/mol. The minimum atomic E-state index is -2.20. The summed E-state index contributed by atoms with van der Waals surface area (Å²) in [5.41, 5.74) is 3.87. The van der Waals surface area contributed by atoms with Crippen LogP contribution in [0.2, 0.25) is 0 Å². The molecule has 22 heavy (non-hydrogen) atoms. The fraction of sp³-hybridized carbons (Fsp3) is 0.647. The quantitative estimate of drug-likeness (QED) is 0.748. The lowest BCUT2D eigenvalue weighted by Crippen LogP contribution is -2.40. The maximum absolute atomic E-state index is 10.8. The van der Waals surface area contributed by atoms with Gasteiger partial charge < -0.3 is 9.45 Å². The number of rotatable bonds is 8. The van der Waals surface area contributed by atoms with Crippen LogP contribution in [-0.4, -0.2) is 32.8 Å². The van der Waals surface area contributed by atoms with Gasteiger partial charge in [0.1, 0.15) is 0 Å². The molecule has 0 saturated carbocycles. The van der Waals surface area contributed by atoms with E-state index in [-0.39, 0.29) is 0 Å². The van der Waals surface area contributed by atoms with E-state index in [0.29, 0.717) is 12.6 Å². The van der Waals surface area contributed by atoms with Gasteiger partial charge >= 0.3 is 0 Å². The molecule has 4 nitrogen and oxygen atoms in total. The number of fused-ring (bicyclic) bond motifs is 1. The van der Waals surface area contributed by atoms with Crippen molar-refractivity contribution in [3.63, 3.8) is 0 Å². The van der Waals surface area contributed by atoms with Crippen molar-refractivity contribution in [3.8, 4) is 0 Å². The summed E-state index contributed by atoms with van der Waals surface area (Å²) in [5, 5.41) is 0. The van der Waals surface area contributed by atoms with Gasteiger partial charge in [-0.1, -0.05) is 32.0 Å². The zero-order valence-corrected chi connectivity index (χ0v) is 14.5. The van der Waals surface area contributed by atoms with Crippen LogP contribution < -0.4 is 4.72 Å². The van der Waals surface area contributed by atoms with Gasteiger partial charge in [-0.15, -0.1) is 0 Å². The van der Waals surface area contributed by atoms with Crippen molar-refractivity contribution in [3.05, 3.63) is 34.9 Å². The highest BCUT2D eigenvalue weighted by Crippen LogP contribution is 2.27. The molecule has 0 bridgehead atoms. The second kappa shape index (κ2) is 8.77.